The Bertz CT molecular complexity index is 529. The molecule has 0 unspecified atom stereocenters. The van der Waals surface area contributed by atoms with Gasteiger partial charge in [0.2, 0.25) is 0 Å². The number of benzene rings is 2. The molecule has 1 aliphatic heterocycles. The summed E-state index contributed by atoms with van der Waals surface area (Å²) in [6.07, 6.45) is 0. The van der Waals surface area contributed by atoms with E-state index in [4.69, 9.17) is 11.8 Å². The maximum absolute atomic E-state index is 9.34. The number of phenols is 1. The number of nitrogens with zero attached hydrogens (tertiary/aromatic N) is 4. The van der Waals surface area contributed by atoms with Gasteiger partial charge in [-0.2, -0.15) is 39.3 Å². The normalized spacial score (nSPS) is 14.3. The monoisotopic (exact) mass is 354 g/mol. The van der Waals surface area contributed by atoms with Gasteiger partial charge in [-0.25, -0.2) is 0 Å². The molecule has 0 spiro atoms. The van der Waals surface area contributed by atoms with Crippen molar-refractivity contribution in [3.05, 3.63) is 65.0 Å². The molecule has 2 aromatic carbocycles. The molecule has 1 radical (unpaired) electrons. The molecule has 1 N–H and O–H groups in total. The Hall–Kier alpha value is -1.62. The molecule has 0 aromatic heterocycles. The van der Waals surface area contributed by atoms with Gasteiger partial charge in [0.05, 0.1) is 0 Å². The van der Waals surface area contributed by atoms with Crippen molar-refractivity contribution in [2.45, 2.75) is 0 Å². The minimum atomic E-state index is 0. The summed E-state index contributed by atoms with van der Waals surface area (Å²) >= 11 is 0. The first-order chi connectivity index (χ1) is 10.9. The summed E-state index contributed by atoms with van der Waals surface area (Å²) in [5.41, 5.74) is 0. The summed E-state index contributed by atoms with van der Waals surface area (Å²) < 4.78 is 0. The Morgan fingerprint density at radius 3 is 1.83 bits per heavy atom. The van der Waals surface area contributed by atoms with Crippen LogP contribution in [0, 0.1) is 17.9 Å². The van der Waals surface area contributed by atoms with Crippen molar-refractivity contribution in [1.29, 1.82) is 5.26 Å². The van der Waals surface area contributed by atoms with E-state index >= 15 is 0 Å². The zero-order chi connectivity index (χ0) is 16.0. The Morgan fingerprint density at radius 2 is 1.35 bits per heavy atom. The molecule has 1 saturated heterocycles. The first kappa shape index (κ1) is 21.4. The van der Waals surface area contributed by atoms with Crippen LogP contribution in [0.4, 0.5) is 0 Å². The second-order valence-corrected chi connectivity index (χ2v) is 4.42. The summed E-state index contributed by atoms with van der Waals surface area (Å²) in [7, 11) is 0. The fourth-order valence-electron chi connectivity index (χ4n) is 1.90. The number of phenolic OH excluding ortho intramolecular Hbond substituents is 1. The molecular weight excluding hydrogens is 335 g/mol. The maximum Gasteiger partial charge on any atom is 0.0396 e. The van der Waals surface area contributed by atoms with Crippen LogP contribution in [0.25, 0.3) is 26.7 Å². The van der Waals surface area contributed by atoms with Gasteiger partial charge in [-0.1, -0.05) is 18.2 Å². The molecule has 1 fully saturated rings. The molecule has 0 aliphatic carbocycles. The number of aromatic hydroxyl groups is 1. The SMILES string of the molecule is C1C[N-]CC[N-]CC[N-]1.Oc1cccc2ccc[c-]c12.[C-]#N.[Co]. The minimum Gasteiger partial charge on any atom is -0.665 e. The van der Waals surface area contributed by atoms with Crippen molar-refractivity contribution in [3.63, 3.8) is 0 Å². The van der Waals surface area contributed by atoms with Crippen molar-refractivity contribution < 1.29 is 21.9 Å². The summed E-state index contributed by atoms with van der Waals surface area (Å²) in [6, 6.07) is 14.1. The van der Waals surface area contributed by atoms with E-state index in [0.29, 0.717) is 5.75 Å². The molecule has 1 aliphatic rings. The molecule has 0 saturated carbocycles. The predicted octanol–water partition coefficient (Wildman–Crippen LogP) is 3.56. The molecule has 1 heterocycles. The molecule has 23 heavy (non-hydrogen) atoms. The predicted molar refractivity (Wildman–Crippen MR) is 88.7 cm³/mol. The van der Waals surface area contributed by atoms with Crippen LogP contribution in [0.5, 0.6) is 5.75 Å². The topological polar surface area (TPSA) is 86.3 Å². The van der Waals surface area contributed by atoms with Crippen molar-refractivity contribution in [3.8, 4) is 5.75 Å². The first-order valence-corrected chi connectivity index (χ1v) is 7.08. The number of hydrogen-bond donors (Lipinski definition) is 1. The van der Waals surface area contributed by atoms with Gasteiger partial charge in [0, 0.05) is 22.5 Å². The van der Waals surface area contributed by atoms with Gasteiger partial charge < -0.3 is 32.9 Å². The van der Waals surface area contributed by atoms with Crippen molar-refractivity contribution in [2.24, 2.45) is 0 Å². The van der Waals surface area contributed by atoms with E-state index in [-0.39, 0.29) is 16.8 Å². The molecule has 6 heteroatoms. The quantitative estimate of drug-likeness (QED) is 0.734. The van der Waals surface area contributed by atoms with Crippen LogP contribution in [0.3, 0.4) is 0 Å². The molecular formula is C17H19CoN4O-5. The number of rotatable bonds is 0. The van der Waals surface area contributed by atoms with E-state index in [1.165, 1.54) is 0 Å². The fraction of sp³-hybridized carbons (Fsp3) is 0.353. The molecule has 2 aromatic rings. The zero-order valence-corrected chi connectivity index (χ0v) is 13.8. The molecule has 3 rings (SSSR count). The van der Waals surface area contributed by atoms with E-state index in [0.717, 1.165) is 50.0 Å². The average molecular weight is 354 g/mol. The van der Waals surface area contributed by atoms with Crippen LogP contribution < -0.4 is 0 Å². The van der Waals surface area contributed by atoms with Gasteiger partial charge in [-0.05, 0) is 0 Å². The third kappa shape index (κ3) is 8.55. The van der Waals surface area contributed by atoms with Gasteiger partial charge in [-0.3, -0.25) is 0 Å². The standard InChI is InChI=1S/C10H7O.C6H12N3.CN.Co/c11-10-7-3-5-8-4-1-2-6-9(8)10;1-2-8-5-6-9-4-3-7-1;1-2;/h1-5,7,11H;1-6H2;;/q-1;-3;-1;. The third-order valence-corrected chi connectivity index (χ3v) is 2.92. The number of hydrogen-bond acceptors (Lipinski definition) is 2. The first-order valence-electron chi connectivity index (χ1n) is 7.08. The zero-order valence-electron chi connectivity index (χ0n) is 12.8. The Labute approximate surface area is 148 Å². The summed E-state index contributed by atoms with van der Waals surface area (Å²) in [5, 5.41) is 30.0. The van der Waals surface area contributed by atoms with Crippen LogP contribution in [0.1, 0.15) is 0 Å². The second-order valence-electron chi connectivity index (χ2n) is 4.42. The molecule has 0 bridgehead atoms. The van der Waals surface area contributed by atoms with E-state index in [2.05, 4.69) is 22.0 Å². The Morgan fingerprint density at radius 1 is 0.870 bits per heavy atom. The fourth-order valence-corrected chi connectivity index (χ4v) is 1.90. The Kier molecular flexibility index (Phi) is 13.0. The summed E-state index contributed by atoms with van der Waals surface area (Å²) in [5.74, 6) is 0.295. The largest absolute Gasteiger partial charge is 0.665 e. The molecule has 0 amide bonds. The van der Waals surface area contributed by atoms with Crippen molar-refractivity contribution in [2.75, 3.05) is 39.3 Å². The van der Waals surface area contributed by atoms with Crippen LogP contribution >= 0.6 is 0 Å². The smallest absolute Gasteiger partial charge is 0.0396 e. The van der Waals surface area contributed by atoms with Gasteiger partial charge in [-0.15, -0.1) is 35.0 Å². The van der Waals surface area contributed by atoms with Crippen LogP contribution in [0.15, 0.2) is 36.4 Å². The number of fused-ring (bicyclic) bond motifs is 1. The second kappa shape index (κ2) is 14.0. The van der Waals surface area contributed by atoms with Crippen molar-refractivity contribution >= 4 is 10.8 Å². The van der Waals surface area contributed by atoms with E-state index in [1.54, 1.807) is 12.1 Å². The summed E-state index contributed by atoms with van der Waals surface area (Å²) in [6.45, 7) is 10.1. The van der Waals surface area contributed by atoms with Crippen LogP contribution in [-0.4, -0.2) is 44.4 Å². The van der Waals surface area contributed by atoms with E-state index in [9.17, 15) is 5.11 Å². The molecule has 0 atom stereocenters. The van der Waals surface area contributed by atoms with Crippen molar-refractivity contribution in [1.82, 2.24) is 0 Å². The van der Waals surface area contributed by atoms with Gasteiger partial charge in [0.25, 0.3) is 0 Å². The van der Waals surface area contributed by atoms with Crippen LogP contribution in [0.2, 0.25) is 0 Å². The third-order valence-electron chi connectivity index (χ3n) is 2.92. The molecule has 5 nitrogen and oxygen atoms in total. The van der Waals surface area contributed by atoms with Gasteiger partial charge in [0.15, 0.2) is 0 Å². The Balaban J connectivity index is 0.000000372. The average Bonchev–Trinajstić information content (AvgIpc) is 2.74. The van der Waals surface area contributed by atoms with Gasteiger partial charge >= 0.3 is 0 Å². The maximum atomic E-state index is 9.34. The van der Waals surface area contributed by atoms with Gasteiger partial charge in [0.1, 0.15) is 0 Å². The molecule has 127 valence electrons. The minimum absolute atomic E-state index is 0. The summed E-state index contributed by atoms with van der Waals surface area (Å²) in [4.78, 5) is 0. The van der Waals surface area contributed by atoms with Crippen LogP contribution in [-0.2, 0) is 16.8 Å². The van der Waals surface area contributed by atoms with E-state index in [1.807, 2.05) is 24.3 Å². The van der Waals surface area contributed by atoms with E-state index < -0.39 is 0 Å².